The van der Waals surface area contributed by atoms with Crippen LogP contribution < -0.4 is 15.4 Å². The molecule has 0 heterocycles. The van der Waals surface area contributed by atoms with Crippen LogP contribution in [-0.2, 0) is 11.3 Å². The smallest absolute Gasteiger partial charge is 0.223 e. The predicted molar refractivity (Wildman–Crippen MR) is 80.5 cm³/mol. The number of amides is 1. The molecule has 1 aromatic rings. The van der Waals surface area contributed by atoms with Crippen molar-refractivity contribution in [3.63, 3.8) is 0 Å². The zero-order valence-electron chi connectivity index (χ0n) is 11.3. The summed E-state index contributed by atoms with van der Waals surface area (Å²) in [4.78, 5) is 11.6. The Kier molecular flexibility index (Phi) is 5.52. The first-order valence-corrected chi connectivity index (χ1v) is 7.40. The van der Waals surface area contributed by atoms with Crippen LogP contribution in [-0.4, -0.2) is 25.6 Å². The standard InChI is InChI=1S/C14H18Cl2N2O2/c1-17-8-9-6-10(15)7-12(16)14(9)20-5-4-13(19)18-11-2-3-11/h6-7,11,17H,2-5,8H2,1H3,(H,18,19). The van der Waals surface area contributed by atoms with Crippen LogP contribution in [0.1, 0.15) is 24.8 Å². The van der Waals surface area contributed by atoms with Gasteiger partial charge in [0.2, 0.25) is 5.91 Å². The van der Waals surface area contributed by atoms with Gasteiger partial charge in [-0.05, 0) is 32.0 Å². The molecule has 0 saturated heterocycles. The summed E-state index contributed by atoms with van der Waals surface area (Å²) in [5, 5.41) is 6.99. The molecular weight excluding hydrogens is 299 g/mol. The molecule has 0 aromatic heterocycles. The number of hydrogen-bond acceptors (Lipinski definition) is 3. The highest BCUT2D eigenvalue weighted by Gasteiger charge is 2.23. The number of ether oxygens (including phenoxy) is 1. The van der Waals surface area contributed by atoms with Gasteiger partial charge in [-0.3, -0.25) is 4.79 Å². The first kappa shape index (κ1) is 15.4. The van der Waals surface area contributed by atoms with Gasteiger partial charge in [-0.2, -0.15) is 0 Å². The van der Waals surface area contributed by atoms with Crippen LogP contribution in [0, 0.1) is 0 Å². The van der Waals surface area contributed by atoms with Gasteiger partial charge in [0.1, 0.15) is 5.75 Å². The summed E-state index contributed by atoms with van der Waals surface area (Å²) in [6.45, 7) is 0.903. The van der Waals surface area contributed by atoms with Crippen molar-refractivity contribution in [1.82, 2.24) is 10.6 Å². The van der Waals surface area contributed by atoms with E-state index in [4.69, 9.17) is 27.9 Å². The minimum atomic E-state index is 0.0211. The predicted octanol–water partition coefficient (Wildman–Crippen LogP) is 2.76. The number of hydrogen-bond donors (Lipinski definition) is 2. The van der Waals surface area contributed by atoms with Crippen molar-refractivity contribution in [2.75, 3.05) is 13.7 Å². The van der Waals surface area contributed by atoms with Gasteiger partial charge in [-0.1, -0.05) is 23.2 Å². The number of nitrogens with one attached hydrogen (secondary N) is 2. The van der Waals surface area contributed by atoms with E-state index < -0.39 is 0 Å². The Hall–Kier alpha value is -0.970. The molecule has 1 saturated carbocycles. The van der Waals surface area contributed by atoms with Crippen molar-refractivity contribution in [2.24, 2.45) is 0 Å². The van der Waals surface area contributed by atoms with Crippen LogP contribution in [0.15, 0.2) is 12.1 Å². The molecule has 2 N–H and O–H groups in total. The average molecular weight is 317 g/mol. The molecular formula is C14H18Cl2N2O2. The molecule has 110 valence electrons. The summed E-state index contributed by atoms with van der Waals surface area (Å²) < 4.78 is 5.66. The lowest BCUT2D eigenvalue weighted by atomic mass is 10.2. The van der Waals surface area contributed by atoms with Crippen LogP contribution >= 0.6 is 23.2 Å². The Morgan fingerprint density at radius 1 is 1.40 bits per heavy atom. The highest BCUT2D eigenvalue weighted by atomic mass is 35.5. The maximum atomic E-state index is 11.6. The van der Waals surface area contributed by atoms with E-state index >= 15 is 0 Å². The Morgan fingerprint density at radius 2 is 2.15 bits per heavy atom. The van der Waals surface area contributed by atoms with Gasteiger partial charge in [0.05, 0.1) is 18.1 Å². The summed E-state index contributed by atoms with van der Waals surface area (Å²) in [5.41, 5.74) is 0.882. The fraction of sp³-hybridized carbons (Fsp3) is 0.500. The van der Waals surface area contributed by atoms with E-state index in [0.29, 0.717) is 41.4 Å². The SMILES string of the molecule is CNCc1cc(Cl)cc(Cl)c1OCCC(=O)NC1CC1. The lowest BCUT2D eigenvalue weighted by Gasteiger charge is -2.13. The molecule has 2 rings (SSSR count). The van der Waals surface area contributed by atoms with Gasteiger partial charge in [0.15, 0.2) is 0 Å². The monoisotopic (exact) mass is 316 g/mol. The Balaban J connectivity index is 1.91. The molecule has 1 fully saturated rings. The van der Waals surface area contributed by atoms with Crippen LogP contribution in [0.25, 0.3) is 0 Å². The second-order valence-corrected chi connectivity index (χ2v) is 5.69. The minimum absolute atomic E-state index is 0.0211. The van der Waals surface area contributed by atoms with Crippen molar-refractivity contribution in [1.29, 1.82) is 0 Å². The fourth-order valence-corrected chi connectivity index (χ4v) is 2.46. The summed E-state index contributed by atoms with van der Waals surface area (Å²) in [6, 6.07) is 3.83. The lowest BCUT2D eigenvalue weighted by Crippen LogP contribution is -2.26. The highest BCUT2D eigenvalue weighted by Crippen LogP contribution is 2.32. The zero-order chi connectivity index (χ0) is 14.5. The number of rotatable bonds is 7. The van der Waals surface area contributed by atoms with E-state index in [9.17, 15) is 4.79 Å². The fourth-order valence-electron chi connectivity index (χ4n) is 1.87. The molecule has 1 amide bonds. The Morgan fingerprint density at radius 3 is 2.80 bits per heavy atom. The summed E-state index contributed by atoms with van der Waals surface area (Å²) in [6.07, 6.45) is 2.50. The van der Waals surface area contributed by atoms with Gasteiger partial charge < -0.3 is 15.4 Å². The molecule has 1 aliphatic carbocycles. The zero-order valence-corrected chi connectivity index (χ0v) is 12.9. The molecule has 6 heteroatoms. The molecule has 20 heavy (non-hydrogen) atoms. The van der Waals surface area contributed by atoms with E-state index in [0.717, 1.165) is 18.4 Å². The van der Waals surface area contributed by atoms with Gasteiger partial charge in [0.25, 0.3) is 0 Å². The number of carbonyl (C=O) groups excluding carboxylic acids is 1. The maximum absolute atomic E-state index is 11.6. The van der Waals surface area contributed by atoms with E-state index in [1.54, 1.807) is 6.07 Å². The van der Waals surface area contributed by atoms with Crippen LogP contribution in [0.2, 0.25) is 10.0 Å². The minimum Gasteiger partial charge on any atom is -0.491 e. The normalized spacial score (nSPS) is 14.2. The maximum Gasteiger partial charge on any atom is 0.223 e. The van der Waals surface area contributed by atoms with E-state index in [1.807, 2.05) is 13.1 Å². The third kappa shape index (κ3) is 4.54. The molecule has 0 aliphatic heterocycles. The average Bonchev–Trinajstić information content (AvgIpc) is 3.16. The highest BCUT2D eigenvalue weighted by molar-refractivity contribution is 6.35. The summed E-state index contributed by atoms with van der Waals surface area (Å²) in [7, 11) is 1.83. The summed E-state index contributed by atoms with van der Waals surface area (Å²) >= 11 is 12.1. The number of carbonyl (C=O) groups is 1. The molecule has 0 spiro atoms. The molecule has 1 aliphatic rings. The van der Waals surface area contributed by atoms with E-state index in [1.165, 1.54) is 0 Å². The van der Waals surface area contributed by atoms with Gasteiger partial charge in [-0.15, -0.1) is 0 Å². The van der Waals surface area contributed by atoms with Gasteiger partial charge in [-0.25, -0.2) is 0 Å². The largest absolute Gasteiger partial charge is 0.491 e. The lowest BCUT2D eigenvalue weighted by molar-refractivity contribution is -0.121. The Bertz CT molecular complexity index is 490. The molecule has 0 atom stereocenters. The second-order valence-electron chi connectivity index (χ2n) is 4.85. The number of benzene rings is 1. The van der Waals surface area contributed by atoms with E-state index in [2.05, 4.69) is 10.6 Å². The Labute approximate surface area is 128 Å². The third-order valence-electron chi connectivity index (χ3n) is 2.97. The van der Waals surface area contributed by atoms with Crippen molar-refractivity contribution in [3.05, 3.63) is 27.7 Å². The van der Waals surface area contributed by atoms with Crippen molar-refractivity contribution in [2.45, 2.75) is 31.8 Å². The summed E-state index contributed by atoms with van der Waals surface area (Å²) in [5.74, 6) is 0.609. The molecule has 0 unspecified atom stereocenters. The van der Waals surface area contributed by atoms with Crippen molar-refractivity contribution < 1.29 is 9.53 Å². The molecule has 4 nitrogen and oxygen atoms in total. The van der Waals surface area contributed by atoms with Crippen LogP contribution in [0.4, 0.5) is 0 Å². The number of halogens is 2. The first-order chi connectivity index (χ1) is 9.60. The van der Waals surface area contributed by atoms with E-state index in [-0.39, 0.29) is 5.91 Å². The topological polar surface area (TPSA) is 50.4 Å². The van der Waals surface area contributed by atoms with Gasteiger partial charge >= 0.3 is 0 Å². The van der Waals surface area contributed by atoms with Crippen molar-refractivity contribution in [3.8, 4) is 5.75 Å². The van der Waals surface area contributed by atoms with Crippen molar-refractivity contribution >= 4 is 29.1 Å². The molecule has 0 bridgehead atoms. The quantitative estimate of drug-likeness (QED) is 0.813. The molecule has 1 aromatic carbocycles. The first-order valence-electron chi connectivity index (χ1n) is 6.65. The molecule has 0 radical (unpaired) electrons. The van der Waals surface area contributed by atoms with Gasteiger partial charge in [0, 0.05) is 23.2 Å². The van der Waals surface area contributed by atoms with Crippen LogP contribution in [0.3, 0.4) is 0 Å². The van der Waals surface area contributed by atoms with Crippen LogP contribution in [0.5, 0.6) is 5.75 Å². The third-order valence-corrected chi connectivity index (χ3v) is 3.47. The second kappa shape index (κ2) is 7.16.